The number of nitrogens with zero attached hydrogens (tertiary/aromatic N) is 6. The third-order valence-electron chi connectivity index (χ3n) is 7.36. The highest BCUT2D eigenvalue weighted by molar-refractivity contribution is 7.90. The van der Waals surface area contributed by atoms with Crippen LogP contribution in [-0.4, -0.2) is 61.1 Å². The van der Waals surface area contributed by atoms with E-state index in [4.69, 9.17) is 4.98 Å². The molecule has 0 bridgehead atoms. The van der Waals surface area contributed by atoms with Crippen LogP contribution in [-0.2, 0) is 35.6 Å². The molecule has 0 atom stereocenters. The summed E-state index contributed by atoms with van der Waals surface area (Å²) in [6.07, 6.45) is 6.54. The fourth-order valence-electron chi connectivity index (χ4n) is 5.34. The first kappa shape index (κ1) is 22.2. The minimum atomic E-state index is -3.07. The smallest absolute Gasteiger partial charge is 0.271 e. The number of thiazole rings is 1. The Morgan fingerprint density at radius 2 is 1.97 bits per heavy atom. The molecule has 1 aliphatic heterocycles. The number of fused-ring (bicyclic) bond motifs is 4. The third kappa shape index (κ3) is 3.52. The van der Waals surface area contributed by atoms with Gasteiger partial charge in [0.2, 0.25) is 0 Å². The number of pyridine rings is 1. The van der Waals surface area contributed by atoms with Crippen molar-refractivity contribution in [3.63, 3.8) is 0 Å². The quantitative estimate of drug-likeness (QED) is 0.410. The van der Waals surface area contributed by atoms with Crippen molar-refractivity contribution in [2.75, 3.05) is 11.1 Å². The van der Waals surface area contributed by atoms with Crippen LogP contribution in [0.15, 0.2) is 12.4 Å². The number of sulfone groups is 1. The Labute approximate surface area is 212 Å². The summed E-state index contributed by atoms with van der Waals surface area (Å²) in [5.74, 6) is 0.825. The van der Waals surface area contributed by atoms with Gasteiger partial charge in [-0.05, 0) is 38.7 Å². The van der Waals surface area contributed by atoms with E-state index in [1.54, 1.807) is 6.33 Å². The highest BCUT2D eigenvalue weighted by Gasteiger charge is 2.43. The number of anilines is 2. The number of nitrogens with one attached hydrogen (secondary N) is 1. The Balaban J connectivity index is 1.34. The molecule has 36 heavy (non-hydrogen) atoms. The molecule has 5 heterocycles. The van der Waals surface area contributed by atoms with Crippen molar-refractivity contribution >= 4 is 60.1 Å². The molecule has 0 saturated heterocycles. The summed E-state index contributed by atoms with van der Waals surface area (Å²) in [4.78, 5) is 30.8. The number of rotatable bonds is 6. The molecule has 3 aliphatic rings. The first-order valence-corrected chi connectivity index (χ1v) is 15.1. The number of hydrogen-bond donors (Lipinski definition) is 1. The third-order valence-corrected chi connectivity index (χ3v) is 10.1. The van der Waals surface area contributed by atoms with Gasteiger partial charge in [-0.3, -0.25) is 4.79 Å². The highest BCUT2D eigenvalue weighted by atomic mass is 32.2. The van der Waals surface area contributed by atoms with Crippen LogP contribution in [0.5, 0.6) is 0 Å². The van der Waals surface area contributed by atoms with Crippen molar-refractivity contribution in [1.29, 1.82) is 0 Å². The van der Waals surface area contributed by atoms with E-state index < -0.39 is 9.84 Å². The predicted molar refractivity (Wildman–Crippen MR) is 138 cm³/mol. The molecule has 4 aromatic rings. The molecule has 1 amide bonds. The largest absolute Gasteiger partial charge is 0.333 e. The second kappa shape index (κ2) is 7.75. The van der Waals surface area contributed by atoms with Crippen LogP contribution >= 0.6 is 11.3 Å². The van der Waals surface area contributed by atoms with Gasteiger partial charge in [-0.1, -0.05) is 0 Å². The van der Waals surface area contributed by atoms with E-state index in [9.17, 15) is 13.2 Å². The lowest BCUT2D eigenvalue weighted by Crippen LogP contribution is -2.36. The molecule has 10 nitrogen and oxygen atoms in total. The minimum absolute atomic E-state index is 0.0375. The first-order chi connectivity index (χ1) is 17.3. The molecule has 2 fully saturated rings. The molecule has 2 aliphatic carbocycles. The molecule has 4 aromatic heterocycles. The van der Waals surface area contributed by atoms with Gasteiger partial charge in [-0.2, -0.15) is 0 Å². The lowest BCUT2D eigenvalue weighted by atomic mass is 10.2. The molecule has 12 heteroatoms. The van der Waals surface area contributed by atoms with Gasteiger partial charge in [-0.15, -0.1) is 11.3 Å². The van der Waals surface area contributed by atoms with E-state index in [1.807, 2.05) is 29.2 Å². The number of hydrogen-bond acceptors (Lipinski definition) is 8. The number of aromatic nitrogens is 5. The molecular weight excluding hydrogens is 498 g/mol. The van der Waals surface area contributed by atoms with E-state index >= 15 is 0 Å². The number of imidazole rings is 1. The van der Waals surface area contributed by atoms with Gasteiger partial charge in [0.15, 0.2) is 20.8 Å². The molecule has 0 radical (unpaired) electrons. The SMILES string of the molecule is CCn1c(C(=O)N(C2CC2)C2CC2)cc2c3c(ncn3C)c(Nc3nc4c(s3)CS(=O)(=O)CC4)nc21. The van der Waals surface area contributed by atoms with E-state index in [0.717, 1.165) is 52.8 Å². The van der Waals surface area contributed by atoms with E-state index in [2.05, 4.69) is 20.2 Å². The second-order valence-corrected chi connectivity index (χ2v) is 13.3. The van der Waals surface area contributed by atoms with Crippen molar-refractivity contribution < 1.29 is 13.2 Å². The van der Waals surface area contributed by atoms with Gasteiger partial charge in [0.1, 0.15) is 16.9 Å². The second-order valence-electron chi connectivity index (χ2n) is 10.1. The maximum absolute atomic E-state index is 13.7. The van der Waals surface area contributed by atoms with Crippen LogP contribution in [0.25, 0.3) is 22.1 Å². The standard InChI is InChI=1S/C24H27N7O3S2/c1-3-30-17(23(32)31(13-4-5-13)14-6-7-14)10-15-20-19(25-12-29(20)2)21(27-22(15)30)28-24-26-16-8-9-36(33,34)11-18(16)35-24/h10,12-14H,3-9,11H2,1-2H3,(H,26,27,28). The van der Waals surface area contributed by atoms with E-state index in [-0.39, 0.29) is 17.4 Å². The molecule has 7 rings (SSSR count). The van der Waals surface area contributed by atoms with Crippen LogP contribution in [0.4, 0.5) is 10.9 Å². The summed E-state index contributed by atoms with van der Waals surface area (Å²) < 4.78 is 28.1. The first-order valence-electron chi connectivity index (χ1n) is 12.5. The van der Waals surface area contributed by atoms with Crippen LogP contribution in [0.1, 0.15) is 53.7 Å². The lowest BCUT2D eigenvalue weighted by molar-refractivity contribution is 0.0719. The van der Waals surface area contributed by atoms with Gasteiger partial charge in [-0.25, -0.2) is 23.4 Å². The molecule has 0 aromatic carbocycles. The zero-order valence-electron chi connectivity index (χ0n) is 20.2. The summed E-state index contributed by atoms with van der Waals surface area (Å²) in [5, 5.41) is 4.83. The van der Waals surface area contributed by atoms with Gasteiger partial charge >= 0.3 is 0 Å². The molecule has 2 saturated carbocycles. The predicted octanol–water partition coefficient (Wildman–Crippen LogP) is 3.38. The van der Waals surface area contributed by atoms with Crippen LogP contribution < -0.4 is 5.32 Å². The summed E-state index contributed by atoms with van der Waals surface area (Å²) >= 11 is 1.35. The number of amides is 1. The van der Waals surface area contributed by atoms with Crippen molar-refractivity contribution in [2.45, 2.75) is 63.4 Å². The molecular formula is C24H27N7O3S2. The van der Waals surface area contributed by atoms with Crippen molar-refractivity contribution in [1.82, 2.24) is 29.0 Å². The Hall–Kier alpha value is -2.99. The highest BCUT2D eigenvalue weighted by Crippen LogP contribution is 2.40. The number of aryl methyl sites for hydroxylation is 3. The van der Waals surface area contributed by atoms with Gasteiger partial charge in [0.25, 0.3) is 5.91 Å². The van der Waals surface area contributed by atoms with Crippen LogP contribution in [0, 0.1) is 0 Å². The Morgan fingerprint density at radius 3 is 2.67 bits per heavy atom. The van der Waals surface area contributed by atoms with Crippen LogP contribution in [0.2, 0.25) is 0 Å². The molecule has 0 spiro atoms. The van der Waals surface area contributed by atoms with Crippen LogP contribution in [0.3, 0.4) is 0 Å². The summed E-state index contributed by atoms with van der Waals surface area (Å²) in [7, 11) is -1.13. The summed E-state index contributed by atoms with van der Waals surface area (Å²) in [6.45, 7) is 2.65. The molecule has 0 unspecified atom stereocenters. The minimum Gasteiger partial charge on any atom is -0.333 e. The van der Waals surface area contributed by atoms with Gasteiger partial charge < -0.3 is 19.4 Å². The maximum atomic E-state index is 13.7. The zero-order chi connectivity index (χ0) is 24.8. The monoisotopic (exact) mass is 525 g/mol. The topological polar surface area (TPSA) is 115 Å². The lowest BCUT2D eigenvalue weighted by Gasteiger charge is -2.22. The fourth-order valence-corrected chi connectivity index (χ4v) is 8.13. The van der Waals surface area contributed by atoms with Crippen molar-refractivity contribution in [3.05, 3.63) is 28.7 Å². The Bertz CT molecular complexity index is 1650. The van der Waals surface area contributed by atoms with Gasteiger partial charge in [0.05, 0.1) is 29.0 Å². The molecule has 1 N–H and O–H groups in total. The van der Waals surface area contributed by atoms with Crippen molar-refractivity contribution in [2.24, 2.45) is 7.05 Å². The number of carbonyl (C=O) groups is 1. The van der Waals surface area contributed by atoms with E-state index in [0.29, 0.717) is 47.2 Å². The Kier molecular flexibility index (Phi) is 4.79. The molecule has 188 valence electrons. The fraction of sp³-hybridized carbons (Fsp3) is 0.500. The number of carbonyl (C=O) groups excluding carboxylic acids is 1. The summed E-state index contributed by atoms with van der Waals surface area (Å²) in [6, 6.07) is 2.72. The summed E-state index contributed by atoms with van der Waals surface area (Å²) in [5.41, 5.74) is 3.83. The van der Waals surface area contributed by atoms with Crippen molar-refractivity contribution in [3.8, 4) is 0 Å². The van der Waals surface area contributed by atoms with Gasteiger partial charge in [0, 0.05) is 42.4 Å². The van der Waals surface area contributed by atoms with E-state index in [1.165, 1.54) is 11.3 Å². The maximum Gasteiger partial charge on any atom is 0.271 e. The average Bonchev–Trinajstić information content (AvgIpc) is 3.74. The average molecular weight is 526 g/mol. The normalized spacial score (nSPS) is 19.1. The Morgan fingerprint density at radius 1 is 1.22 bits per heavy atom. The zero-order valence-corrected chi connectivity index (χ0v) is 21.8.